The fourth-order valence-corrected chi connectivity index (χ4v) is 7.97. The third-order valence-electron chi connectivity index (χ3n) is 11.6. The zero-order valence-electron chi connectivity index (χ0n) is 43.4. The van der Waals surface area contributed by atoms with E-state index >= 15 is 0 Å². The van der Waals surface area contributed by atoms with Crippen LogP contribution >= 0.6 is 0 Å². The van der Waals surface area contributed by atoms with E-state index in [1.165, 1.54) is 0 Å². The summed E-state index contributed by atoms with van der Waals surface area (Å²) < 4.78 is 11.6. The zero-order valence-corrected chi connectivity index (χ0v) is 50.2. The third-order valence-corrected chi connectivity index (χ3v) is 11.6. The molecule has 0 radical (unpaired) electrons. The van der Waals surface area contributed by atoms with Gasteiger partial charge in [-0.1, -0.05) is 34.9 Å². The SMILES string of the molecule is [Pt+2].[Pt+2].[Pt+2].[c-]1ccc(-c2nc(-c3cc[c-]cc3)nc(-c3cc[c-]cc3)n2)cc1.[c-]1cccn1Cc1cccc(Cn2cccn2)n1.[c-]1cccn1Cc1cccc(Cn2cccn2)n1.[c-]1cccn1Cc1cccc(Cn2cccn2)n1. The molecule has 15 nitrogen and oxygen atoms in total. The molecule has 0 atom stereocenters. The summed E-state index contributed by atoms with van der Waals surface area (Å²) in [4.78, 5) is 27.8. The van der Waals surface area contributed by atoms with Crippen LogP contribution in [0.4, 0.5) is 0 Å². The van der Waals surface area contributed by atoms with Crippen molar-refractivity contribution in [3.05, 3.63) is 309 Å². The van der Waals surface area contributed by atoms with Crippen LogP contribution in [-0.4, -0.2) is 72.9 Å². The monoisotopic (exact) mass is 1600 g/mol. The Morgan fingerprint density at radius 1 is 0.272 bits per heavy atom. The maximum Gasteiger partial charge on any atom is 2.00 e. The quantitative estimate of drug-likeness (QED) is 0.0916. The van der Waals surface area contributed by atoms with Crippen molar-refractivity contribution in [3.8, 4) is 34.2 Å². The molecule has 0 fully saturated rings. The topological polar surface area (TPSA) is 146 Å². The van der Waals surface area contributed by atoms with Gasteiger partial charge in [0.25, 0.3) is 0 Å². The van der Waals surface area contributed by atoms with E-state index < -0.39 is 0 Å². The van der Waals surface area contributed by atoms with Crippen molar-refractivity contribution >= 4 is 0 Å². The van der Waals surface area contributed by atoms with Gasteiger partial charge in [0.2, 0.25) is 0 Å². The molecule has 13 rings (SSSR count). The first-order chi connectivity index (χ1) is 38.6. The Bertz CT molecular complexity index is 3170. The van der Waals surface area contributed by atoms with Gasteiger partial charge in [0.05, 0.1) is 53.8 Å². The minimum absolute atomic E-state index is 0. The Morgan fingerprint density at radius 3 is 0.778 bits per heavy atom. The first kappa shape index (κ1) is 60.3. The van der Waals surface area contributed by atoms with E-state index in [0.29, 0.717) is 37.1 Å². The van der Waals surface area contributed by atoms with Crippen molar-refractivity contribution < 1.29 is 63.2 Å². The van der Waals surface area contributed by atoms with Crippen molar-refractivity contribution in [2.24, 2.45) is 0 Å². The van der Waals surface area contributed by atoms with Crippen LogP contribution in [0.2, 0.25) is 0 Å². The van der Waals surface area contributed by atoms with E-state index in [2.05, 4.69) is 82.0 Å². The first-order valence-corrected chi connectivity index (χ1v) is 25.1. The van der Waals surface area contributed by atoms with Crippen LogP contribution in [0.15, 0.2) is 238 Å². The van der Waals surface area contributed by atoms with Crippen LogP contribution < -0.4 is 0 Å². The van der Waals surface area contributed by atoms with Crippen molar-refractivity contribution in [2.45, 2.75) is 39.3 Å². The molecule has 10 heterocycles. The van der Waals surface area contributed by atoms with Gasteiger partial charge >= 0.3 is 63.2 Å². The Kier molecular flexibility index (Phi) is 23.9. The normalized spacial score (nSPS) is 10.2. The molecule has 0 spiro atoms. The van der Waals surface area contributed by atoms with Gasteiger partial charge in [-0.05, 0) is 54.6 Å². The van der Waals surface area contributed by atoms with Gasteiger partial charge in [-0.15, -0.1) is 37.2 Å². The molecule has 10 aromatic heterocycles. The Hall–Kier alpha value is -8.35. The Labute approximate surface area is 514 Å². The number of nitrogens with zero attached hydrogens (tertiary/aromatic N) is 15. The number of hydrogen-bond acceptors (Lipinski definition) is 9. The fourth-order valence-electron chi connectivity index (χ4n) is 7.97. The Balaban J connectivity index is 0.000000155. The Morgan fingerprint density at radius 2 is 0.543 bits per heavy atom. The predicted octanol–water partition coefficient (Wildman–Crippen LogP) is 10.2. The second-order valence-electron chi connectivity index (χ2n) is 17.4. The van der Waals surface area contributed by atoms with Crippen molar-refractivity contribution in [1.82, 2.24) is 72.9 Å². The second-order valence-corrected chi connectivity index (χ2v) is 17.4. The average Bonchev–Trinajstić information content (AvgIpc) is 4.36. The standard InChI is InChI=1S/C21H12N3.3C14H13N4.3Pt/c1-4-10-16(11-5-1)19-22-20(17-12-6-2-7-13-17)24-21(23-19)18-14-8-3-9-15-18;3*1-2-9-17(8-1)11-13-5-3-6-14(16-13)12-18-10-4-7-15-18;;;/h4-15H;3*1-8,10H,11-12H2;;;/q-3;3*-1;3*+2. The van der Waals surface area contributed by atoms with Crippen LogP contribution in [0.25, 0.3) is 34.2 Å². The summed E-state index contributed by atoms with van der Waals surface area (Å²) in [5.74, 6) is 1.93. The molecular weight excluding hydrogens is 1550 g/mol. The second kappa shape index (κ2) is 32.0. The smallest absolute Gasteiger partial charge is 0.466 e. The average molecular weight is 1600 g/mol. The molecule has 0 bridgehead atoms. The summed E-state index contributed by atoms with van der Waals surface area (Å²) in [6, 6.07) is 67.4. The molecule has 408 valence electrons. The molecule has 81 heavy (non-hydrogen) atoms. The maximum absolute atomic E-state index is 4.64. The van der Waals surface area contributed by atoms with Gasteiger partial charge in [-0.3, -0.25) is 29.0 Å². The molecule has 0 N–H and O–H groups in total. The van der Waals surface area contributed by atoms with E-state index in [0.717, 1.165) is 70.5 Å². The third kappa shape index (κ3) is 18.9. The van der Waals surface area contributed by atoms with E-state index in [9.17, 15) is 0 Å². The molecule has 0 aliphatic rings. The van der Waals surface area contributed by atoms with Crippen molar-refractivity contribution in [1.29, 1.82) is 0 Å². The first-order valence-electron chi connectivity index (χ1n) is 25.1. The summed E-state index contributed by atoms with van der Waals surface area (Å²) in [6.45, 7) is 4.36. The summed E-state index contributed by atoms with van der Waals surface area (Å²) in [6.07, 6.45) is 26.4. The molecule has 0 unspecified atom stereocenters. The minimum atomic E-state index is 0. The molecule has 0 saturated heterocycles. The molecule has 13 aromatic rings. The van der Waals surface area contributed by atoms with E-state index in [1.807, 2.05) is 247 Å². The van der Waals surface area contributed by atoms with Gasteiger partial charge in [0, 0.05) is 56.8 Å². The van der Waals surface area contributed by atoms with Crippen molar-refractivity contribution in [2.75, 3.05) is 0 Å². The molecule has 0 saturated carbocycles. The summed E-state index contributed by atoms with van der Waals surface area (Å²) in [7, 11) is 0. The number of benzene rings is 3. The van der Waals surface area contributed by atoms with E-state index in [-0.39, 0.29) is 63.2 Å². The molecule has 3 aromatic carbocycles. The number of hydrogen-bond donors (Lipinski definition) is 0. The zero-order chi connectivity index (χ0) is 52.8. The van der Waals surface area contributed by atoms with Gasteiger partial charge < -0.3 is 13.7 Å². The van der Waals surface area contributed by atoms with Gasteiger partial charge in [0.1, 0.15) is 17.5 Å². The number of pyridine rings is 3. The number of aromatic nitrogens is 15. The maximum atomic E-state index is 4.64. The van der Waals surface area contributed by atoms with Crippen LogP contribution in [0.3, 0.4) is 0 Å². The van der Waals surface area contributed by atoms with Crippen molar-refractivity contribution in [3.63, 3.8) is 0 Å². The molecule has 18 heteroatoms. The van der Waals surface area contributed by atoms with Gasteiger partial charge in [-0.25, -0.2) is 15.0 Å². The van der Waals surface area contributed by atoms with E-state index in [4.69, 9.17) is 0 Å². The van der Waals surface area contributed by atoms with Gasteiger partial charge in [0.15, 0.2) is 0 Å². The largest absolute Gasteiger partial charge is 2.00 e. The van der Waals surface area contributed by atoms with Gasteiger partial charge in [-0.2, -0.15) is 143 Å². The summed E-state index contributed by atoms with van der Waals surface area (Å²) >= 11 is 0. The van der Waals surface area contributed by atoms with E-state index in [1.54, 1.807) is 18.6 Å². The fraction of sp³-hybridized carbons (Fsp3) is 0.0952. The molecule has 0 aliphatic heterocycles. The van der Waals surface area contributed by atoms with Crippen LogP contribution in [0.1, 0.15) is 34.2 Å². The molecular formula is C63H51N15Pt3. The molecule has 0 amide bonds. The van der Waals surface area contributed by atoms with Crippen LogP contribution in [0, 0.1) is 36.8 Å². The predicted molar refractivity (Wildman–Crippen MR) is 296 cm³/mol. The summed E-state index contributed by atoms with van der Waals surface area (Å²) in [5.41, 5.74) is 8.96. The minimum Gasteiger partial charge on any atom is -0.466 e. The summed E-state index contributed by atoms with van der Waals surface area (Å²) in [5, 5.41) is 12.5. The molecule has 0 aliphatic carbocycles. The van der Waals surface area contributed by atoms with Crippen LogP contribution in [0.5, 0.6) is 0 Å². The van der Waals surface area contributed by atoms with Crippen LogP contribution in [-0.2, 0) is 102 Å². The number of rotatable bonds is 15.